The van der Waals surface area contributed by atoms with Crippen LogP contribution in [0.4, 0.5) is 23.7 Å². The van der Waals surface area contributed by atoms with Crippen LogP contribution in [0.1, 0.15) is 19.3 Å². The SMILES string of the molecule is O=C(Nc1ccc(F)cc1OC(F)F)NC1C2CCC(C2)C1CO. The molecule has 2 aliphatic carbocycles. The molecule has 5 nitrogen and oxygen atoms in total. The van der Waals surface area contributed by atoms with E-state index in [1.165, 1.54) is 0 Å². The van der Waals surface area contributed by atoms with Gasteiger partial charge in [0, 0.05) is 24.6 Å². The molecular weight excluding hydrogens is 325 g/mol. The first kappa shape index (κ1) is 16.9. The van der Waals surface area contributed by atoms with Crippen LogP contribution >= 0.6 is 0 Å². The van der Waals surface area contributed by atoms with Crippen LogP contribution in [0, 0.1) is 23.6 Å². The van der Waals surface area contributed by atoms with Crippen molar-refractivity contribution in [3.8, 4) is 5.75 Å². The van der Waals surface area contributed by atoms with Crippen LogP contribution in [-0.2, 0) is 0 Å². The number of aliphatic hydroxyl groups is 1. The van der Waals surface area contributed by atoms with E-state index in [2.05, 4.69) is 15.4 Å². The zero-order valence-corrected chi connectivity index (χ0v) is 12.8. The lowest BCUT2D eigenvalue weighted by atomic mass is 9.85. The van der Waals surface area contributed by atoms with Crippen LogP contribution in [-0.4, -0.2) is 30.4 Å². The summed E-state index contributed by atoms with van der Waals surface area (Å²) in [5.74, 6) is -0.437. The van der Waals surface area contributed by atoms with E-state index in [9.17, 15) is 23.1 Å². The third-order valence-electron chi connectivity index (χ3n) is 5.00. The van der Waals surface area contributed by atoms with E-state index in [0.29, 0.717) is 11.8 Å². The Kier molecular flexibility index (Phi) is 4.84. The molecule has 2 amide bonds. The van der Waals surface area contributed by atoms with Crippen molar-refractivity contribution < 1.29 is 27.8 Å². The van der Waals surface area contributed by atoms with Gasteiger partial charge in [-0.25, -0.2) is 9.18 Å². The number of hydrogen-bond acceptors (Lipinski definition) is 3. The number of fused-ring (bicyclic) bond motifs is 2. The number of amides is 2. The lowest BCUT2D eigenvalue weighted by molar-refractivity contribution is -0.0495. The van der Waals surface area contributed by atoms with E-state index in [4.69, 9.17) is 0 Å². The minimum Gasteiger partial charge on any atom is -0.432 e. The number of aliphatic hydroxyl groups excluding tert-OH is 1. The lowest BCUT2D eigenvalue weighted by Crippen LogP contribution is -2.46. The van der Waals surface area contributed by atoms with Crippen molar-refractivity contribution in [3.05, 3.63) is 24.0 Å². The number of urea groups is 1. The molecule has 0 radical (unpaired) electrons. The fraction of sp³-hybridized carbons (Fsp3) is 0.562. The van der Waals surface area contributed by atoms with Crippen LogP contribution in [0.5, 0.6) is 5.75 Å². The third-order valence-corrected chi connectivity index (χ3v) is 5.00. The highest BCUT2D eigenvalue weighted by atomic mass is 19.3. The van der Waals surface area contributed by atoms with Crippen LogP contribution in [0.25, 0.3) is 0 Å². The second kappa shape index (κ2) is 6.88. The van der Waals surface area contributed by atoms with E-state index in [1.807, 2.05) is 0 Å². The smallest absolute Gasteiger partial charge is 0.387 e. The summed E-state index contributed by atoms with van der Waals surface area (Å²) in [6, 6.07) is 2.26. The predicted molar refractivity (Wildman–Crippen MR) is 80.4 cm³/mol. The third kappa shape index (κ3) is 3.43. The second-order valence-corrected chi connectivity index (χ2v) is 6.32. The van der Waals surface area contributed by atoms with E-state index >= 15 is 0 Å². The molecule has 0 spiro atoms. The maximum Gasteiger partial charge on any atom is 0.387 e. The number of alkyl halides is 2. The van der Waals surface area contributed by atoms with Gasteiger partial charge >= 0.3 is 12.6 Å². The first-order chi connectivity index (χ1) is 11.5. The van der Waals surface area contributed by atoms with E-state index in [-0.39, 0.29) is 24.3 Å². The van der Waals surface area contributed by atoms with Crippen molar-refractivity contribution in [3.63, 3.8) is 0 Å². The van der Waals surface area contributed by atoms with Gasteiger partial charge in [0.05, 0.1) is 5.69 Å². The summed E-state index contributed by atoms with van der Waals surface area (Å²) in [5, 5.41) is 14.7. The van der Waals surface area contributed by atoms with Gasteiger partial charge in [-0.2, -0.15) is 8.78 Å². The highest BCUT2D eigenvalue weighted by Crippen LogP contribution is 2.48. The number of rotatable bonds is 5. The molecule has 1 aromatic rings. The Bertz CT molecular complexity index is 614. The Hall–Kier alpha value is -1.96. The molecule has 0 aromatic heterocycles. The van der Waals surface area contributed by atoms with Gasteiger partial charge in [0.2, 0.25) is 0 Å². The quantitative estimate of drug-likeness (QED) is 0.769. The summed E-state index contributed by atoms with van der Waals surface area (Å²) in [6.07, 6.45) is 3.04. The van der Waals surface area contributed by atoms with E-state index in [1.54, 1.807) is 0 Å². The molecule has 132 valence electrons. The lowest BCUT2D eigenvalue weighted by Gasteiger charge is -2.30. The number of halogens is 3. The van der Waals surface area contributed by atoms with Crippen molar-refractivity contribution in [1.29, 1.82) is 0 Å². The number of anilines is 1. The van der Waals surface area contributed by atoms with Crippen molar-refractivity contribution in [2.75, 3.05) is 11.9 Å². The largest absolute Gasteiger partial charge is 0.432 e. The number of ether oxygens (including phenoxy) is 1. The van der Waals surface area contributed by atoms with Crippen molar-refractivity contribution in [2.24, 2.45) is 17.8 Å². The Morgan fingerprint density at radius 1 is 1.33 bits per heavy atom. The predicted octanol–water partition coefficient (Wildman–Crippen LogP) is 2.96. The van der Waals surface area contributed by atoms with E-state index in [0.717, 1.165) is 37.5 Å². The van der Waals surface area contributed by atoms with Gasteiger partial charge in [-0.05, 0) is 43.2 Å². The van der Waals surface area contributed by atoms with Gasteiger partial charge in [-0.15, -0.1) is 0 Å². The molecular formula is C16H19F3N2O3. The summed E-state index contributed by atoms with van der Waals surface area (Å²) in [7, 11) is 0. The highest BCUT2D eigenvalue weighted by Gasteiger charge is 2.47. The van der Waals surface area contributed by atoms with Gasteiger partial charge in [-0.1, -0.05) is 0 Å². The molecule has 2 aliphatic rings. The highest BCUT2D eigenvalue weighted by molar-refractivity contribution is 5.91. The monoisotopic (exact) mass is 344 g/mol. The topological polar surface area (TPSA) is 70.6 Å². The summed E-state index contributed by atoms with van der Waals surface area (Å²) in [6.45, 7) is -3.12. The fourth-order valence-corrected chi connectivity index (χ4v) is 4.00. The minimum atomic E-state index is -3.13. The second-order valence-electron chi connectivity index (χ2n) is 6.32. The zero-order chi connectivity index (χ0) is 17.3. The number of benzene rings is 1. The van der Waals surface area contributed by atoms with E-state index < -0.39 is 24.2 Å². The zero-order valence-electron chi connectivity index (χ0n) is 12.8. The van der Waals surface area contributed by atoms with Crippen molar-refractivity contribution in [2.45, 2.75) is 31.9 Å². The van der Waals surface area contributed by atoms with Gasteiger partial charge in [0.1, 0.15) is 5.82 Å². The number of carbonyl (C=O) groups excluding carboxylic acids is 1. The standard InChI is InChI=1S/C16H19F3N2O3/c17-10-3-4-12(13(6-10)24-15(18)19)20-16(23)21-14-9-2-1-8(5-9)11(14)7-22/h3-4,6,8-9,11,14-15,22H,1-2,5,7H2,(H2,20,21,23). The summed E-state index contributed by atoms with van der Waals surface area (Å²) >= 11 is 0. The minimum absolute atomic E-state index is 0.00239. The molecule has 4 unspecified atom stereocenters. The molecule has 2 bridgehead atoms. The first-order valence-electron chi connectivity index (χ1n) is 7.90. The average Bonchev–Trinajstić information content (AvgIpc) is 3.10. The van der Waals surface area contributed by atoms with Crippen molar-refractivity contribution >= 4 is 11.7 Å². The Labute approximate surface area is 137 Å². The fourth-order valence-electron chi connectivity index (χ4n) is 4.00. The Morgan fingerprint density at radius 3 is 2.79 bits per heavy atom. The maximum absolute atomic E-state index is 13.2. The molecule has 0 heterocycles. The first-order valence-corrected chi connectivity index (χ1v) is 7.90. The summed E-state index contributed by atoms with van der Waals surface area (Å²) < 4.78 is 42.2. The number of nitrogens with one attached hydrogen (secondary N) is 2. The number of carbonyl (C=O) groups is 1. The molecule has 2 saturated carbocycles. The van der Waals surface area contributed by atoms with Crippen LogP contribution in [0.15, 0.2) is 18.2 Å². The molecule has 24 heavy (non-hydrogen) atoms. The van der Waals surface area contributed by atoms with Crippen LogP contribution < -0.4 is 15.4 Å². The van der Waals surface area contributed by atoms with Crippen molar-refractivity contribution in [1.82, 2.24) is 5.32 Å². The van der Waals surface area contributed by atoms with Gasteiger partial charge in [0.25, 0.3) is 0 Å². The molecule has 4 atom stereocenters. The molecule has 3 N–H and O–H groups in total. The van der Waals surface area contributed by atoms with Crippen LogP contribution in [0.2, 0.25) is 0 Å². The van der Waals surface area contributed by atoms with Crippen LogP contribution in [0.3, 0.4) is 0 Å². The molecule has 2 fully saturated rings. The molecule has 8 heteroatoms. The maximum atomic E-state index is 13.2. The summed E-state index contributed by atoms with van der Waals surface area (Å²) in [5.41, 5.74) is -0.0436. The number of hydrogen-bond donors (Lipinski definition) is 3. The summed E-state index contributed by atoms with van der Waals surface area (Å²) in [4.78, 5) is 12.2. The molecule has 1 aromatic carbocycles. The molecule has 3 rings (SSSR count). The van der Waals surface area contributed by atoms with Gasteiger partial charge in [-0.3, -0.25) is 0 Å². The average molecular weight is 344 g/mol. The molecule has 0 aliphatic heterocycles. The Balaban J connectivity index is 1.67. The molecule has 0 saturated heterocycles. The van der Waals surface area contributed by atoms with Gasteiger partial charge in [0.15, 0.2) is 5.75 Å². The normalized spacial score (nSPS) is 28.2. The Morgan fingerprint density at radius 2 is 2.08 bits per heavy atom. The van der Waals surface area contributed by atoms with Gasteiger partial charge < -0.3 is 20.5 Å².